The molecule has 0 bridgehead atoms. The predicted molar refractivity (Wildman–Crippen MR) is 102 cm³/mol. The van der Waals surface area contributed by atoms with Crippen molar-refractivity contribution in [3.05, 3.63) is 65.7 Å². The number of hydrogen-bond donors (Lipinski definition) is 1. The molecule has 1 aliphatic rings. The number of benzene rings is 2. The summed E-state index contributed by atoms with van der Waals surface area (Å²) in [5.74, 6) is 0.164. The van der Waals surface area contributed by atoms with Gasteiger partial charge < -0.3 is 0 Å². The van der Waals surface area contributed by atoms with E-state index in [0.29, 0.717) is 4.90 Å². The Morgan fingerprint density at radius 1 is 1.04 bits per heavy atom. The fraction of sp³-hybridized carbons (Fsp3) is 0.429. The van der Waals surface area contributed by atoms with Crippen molar-refractivity contribution >= 4 is 9.84 Å². The largest absolute Gasteiger partial charge is 0.300 e. The third kappa shape index (κ3) is 3.65. The Kier molecular flexibility index (Phi) is 5.30. The molecular formula is C21H27NO2S. The zero-order valence-corrected chi connectivity index (χ0v) is 15.9. The van der Waals surface area contributed by atoms with Crippen molar-refractivity contribution in [2.45, 2.75) is 56.0 Å². The minimum Gasteiger partial charge on any atom is -0.300 e. The number of hydrogen-bond acceptors (Lipinski definition) is 3. The van der Waals surface area contributed by atoms with Gasteiger partial charge in [-0.15, -0.1) is 0 Å². The van der Waals surface area contributed by atoms with Gasteiger partial charge in [0.25, 0.3) is 0 Å². The van der Waals surface area contributed by atoms with E-state index in [1.54, 1.807) is 6.07 Å². The summed E-state index contributed by atoms with van der Waals surface area (Å²) in [4.78, 5) is 0.475. The summed E-state index contributed by atoms with van der Waals surface area (Å²) in [6.07, 6.45) is 3.75. The molecule has 3 rings (SSSR count). The van der Waals surface area contributed by atoms with Crippen LogP contribution in [-0.4, -0.2) is 19.7 Å². The summed E-state index contributed by atoms with van der Waals surface area (Å²) >= 11 is 0. The van der Waals surface area contributed by atoms with E-state index in [-0.39, 0.29) is 11.8 Å². The summed E-state index contributed by atoms with van der Waals surface area (Å²) in [6, 6.07) is 17.5. The summed E-state index contributed by atoms with van der Waals surface area (Å²) in [5.41, 5.74) is 1.58. The number of rotatable bonds is 5. The molecule has 0 radical (unpaired) electrons. The second-order valence-electron chi connectivity index (χ2n) is 7.02. The predicted octanol–water partition coefficient (Wildman–Crippen LogP) is 4.49. The lowest BCUT2D eigenvalue weighted by molar-refractivity contribution is 0.295. The monoisotopic (exact) mass is 357 g/mol. The van der Waals surface area contributed by atoms with Crippen LogP contribution >= 0.6 is 0 Å². The maximum absolute atomic E-state index is 13.2. The van der Waals surface area contributed by atoms with Crippen LogP contribution in [-0.2, 0) is 9.84 Å². The van der Waals surface area contributed by atoms with Crippen molar-refractivity contribution in [1.82, 2.24) is 5.32 Å². The highest BCUT2D eigenvalue weighted by molar-refractivity contribution is 7.91. The van der Waals surface area contributed by atoms with Gasteiger partial charge >= 0.3 is 0 Å². The molecule has 2 aromatic rings. The lowest BCUT2D eigenvalue weighted by Gasteiger charge is -2.35. The highest BCUT2D eigenvalue weighted by Crippen LogP contribution is 2.37. The van der Waals surface area contributed by atoms with Crippen molar-refractivity contribution in [2.75, 3.05) is 5.75 Å². The van der Waals surface area contributed by atoms with Gasteiger partial charge in [0, 0.05) is 5.54 Å². The fourth-order valence-electron chi connectivity index (χ4n) is 3.82. The molecule has 2 aromatic carbocycles. The van der Waals surface area contributed by atoms with Crippen molar-refractivity contribution in [1.29, 1.82) is 0 Å². The van der Waals surface area contributed by atoms with Gasteiger partial charge in [0.15, 0.2) is 9.84 Å². The lowest BCUT2D eigenvalue weighted by Crippen LogP contribution is -2.50. The minimum atomic E-state index is -3.33. The molecule has 0 saturated carbocycles. The van der Waals surface area contributed by atoms with Crippen LogP contribution in [0.25, 0.3) is 0 Å². The first kappa shape index (κ1) is 18.2. The van der Waals surface area contributed by atoms with E-state index >= 15 is 0 Å². The molecule has 0 saturated heterocycles. The van der Waals surface area contributed by atoms with Crippen molar-refractivity contribution in [3.8, 4) is 0 Å². The standard InChI is InChI=1S/C21H27NO2S/c1-3-5-15-21(4-2)16-25(23,24)19-14-10-9-13-18(19)20(22-21)17-11-7-6-8-12-17/h6-14,20,22H,3-5,15-16H2,1-2H3/t20-,21-/m0/s1. The van der Waals surface area contributed by atoms with Crippen molar-refractivity contribution in [3.63, 3.8) is 0 Å². The number of nitrogens with one attached hydrogen (secondary N) is 1. The first-order valence-corrected chi connectivity index (χ1v) is 10.8. The lowest BCUT2D eigenvalue weighted by atomic mass is 9.88. The maximum atomic E-state index is 13.2. The Labute approximate surface area is 151 Å². The smallest absolute Gasteiger partial charge is 0.180 e. The molecule has 1 heterocycles. The minimum absolute atomic E-state index is 0.105. The molecule has 25 heavy (non-hydrogen) atoms. The quantitative estimate of drug-likeness (QED) is 0.857. The van der Waals surface area contributed by atoms with Crippen LogP contribution in [0.5, 0.6) is 0 Å². The average molecular weight is 358 g/mol. The van der Waals surface area contributed by atoms with Gasteiger partial charge in [-0.2, -0.15) is 0 Å². The van der Waals surface area contributed by atoms with Crippen molar-refractivity contribution in [2.24, 2.45) is 0 Å². The molecule has 0 amide bonds. The third-order valence-corrected chi connectivity index (χ3v) is 7.28. The van der Waals surface area contributed by atoms with Crippen LogP contribution in [0.3, 0.4) is 0 Å². The van der Waals surface area contributed by atoms with Gasteiger partial charge in [-0.05, 0) is 30.0 Å². The SMILES string of the molecule is CCCC[C@@]1(CC)CS(=O)(=O)c2ccccc2[C@H](c2ccccc2)N1. The Bertz CT molecular complexity index is 817. The molecule has 2 atom stereocenters. The first-order chi connectivity index (χ1) is 12.0. The normalized spacial score (nSPS) is 25.1. The number of sulfone groups is 1. The van der Waals surface area contributed by atoms with Crippen LogP contribution < -0.4 is 5.32 Å². The van der Waals surface area contributed by atoms with E-state index in [4.69, 9.17) is 0 Å². The van der Waals surface area contributed by atoms with Crippen LogP contribution in [0.1, 0.15) is 56.7 Å². The highest BCUT2D eigenvalue weighted by Gasteiger charge is 2.41. The van der Waals surface area contributed by atoms with E-state index in [1.165, 1.54) is 0 Å². The van der Waals surface area contributed by atoms with Gasteiger partial charge in [0.05, 0.1) is 16.7 Å². The van der Waals surface area contributed by atoms with Gasteiger partial charge in [0.2, 0.25) is 0 Å². The molecule has 0 aliphatic carbocycles. The summed E-state index contributed by atoms with van der Waals surface area (Å²) in [5, 5.41) is 3.76. The fourth-order valence-corrected chi connectivity index (χ4v) is 5.96. The summed E-state index contributed by atoms with van der Waals surface area (Å²) in [6.45, 7) is 4.24. The third-order valence-electron chi connectivity index (χ3n) is 5.30. The van der Waals surface area contributed by atoms with E-state index in [2.05, 4.69) is 31.3 Å². The van der Waals surface area contributed by atoms with Gasteiger partial charge in [-0.3, -0.25) is 5.32 Å². The topological polar surface area (TPSA) is 46.2 Å². The van der Waals surface area contributed by atoms with Gasteiger partial charge in [0.1, 0.15) is 0 Å². The van der Waals surface area contributed by atoms with Crippen molar-refractivity contribution < 1.29 is 8.42 Å². The number of unbranched alkanes of at least 4 members (excludes halogenated alkanes) is 1. The molecule has 1 aliphatic heterocycles. The van der Waals surface area contributed by atoms with E-state index < -0.39 is 15.4 Å². The zero-order valence-electron chi connectivity index (χ0n) is 15.0. The van der Waals surface area contributed by atoms with Gasteiger partial charge in [-0.25, -0.2) is 8.42 Å². The Hall–Kier alpha value is -1.65. The van der Waals surface area contributed by atoms with Crippen LogP contribution in [0.15, 0.2) is 59.5 Å². The van der Waals surface area contributed by atoms with E-state index in [9.17, 15) is 8.42 Å². The maximum Gasteiger partial charge on any atom is 0.180 e. The summed E-state index contributed by atoms with van der Waals surface area (Å²) in [7, 11) is -3.33. The molecule has 134 valence electrons. The van der Waals surface area contributed by atoms with E-state index in [1.807, 2.05) is 36.4 Å². The second-order valence-corrected chi connectivity index (χ2v) is 8.98. The van der Waals surface area contributed by atoms with Gasteiger partial charge in [-0.1, -0.05) is 75.2 Å². The highest BCUT2D eigenvalue weighted by atomic mass is 32.2. The summed E-state index contributed by atoms with van der Waals surface area (Å²) < 4.78 is 26.3. The molecule has 0 aromatic heterocycles. The molecule has 4 heteroatoms. The Morgan fingerprint density at radius 3 is 2.40 bits per heavy atom. The molecule has 3 nitrogen and oxygen atoms in total. The molecule has 0 unspecified atom stereocenters. The Balaban J connectivity index is 2.17. The van der Waals surface area contributed by atoms with E-state index in [0.717, 1.165) is 36.8 Å². The zero-order chi connectivity index (χ0) is 17.9. The van der Waals surface area contributed by atoms with Crippen LogP contribution in [0, 0.1) is 0 Å². The Morgan fingerprint density at radius 2 is 1.72 bits per heavy atom. The average Bonchev–Trinajstić information content (AvgIpc) is 2.74. The van der Waals surface area contributed by atoms with Crippen LogP contribution in [0.4, 0.5) is 0 Å². The molecule has 0 spiro atoms. The van der Waals surface area contributed by atoms with Crippen LogP contribution in [0.2, 0.25) is 0 Å². The first-order valence-electron chi connectivity index (χ1n) is 9.16. The molecule has 0 fully saturated rings. The molecular weight excluding hydrogens is 330 g/mol. The number of fused-ring (bicyclic) bond motifs is 1. The second kappa shape index (κ2) is 7.30. The molecule has 1 N–H and O–H groups in total.